The molecule has 1 aliphatic heterocycles. The lowest BCUT2D eigenvalue weighted by Crippen LogP contribution is -2.63. The van der Waals surface area contributed by atoms with Crippen LogP contribution in [-0.2, 0) is 11.3 Å². The summed E-state index contributed by atoms with van der Waals surface area (Å²) in [5, 5.41) is 3.15. The first kappa shape index (κ1) is 20.6. The maximum absolute atomic E-state index is 13.7. The number of rotatable bonds is 5. The van der Waals surface area contributed by atoms with Crippen LogP contribution >= 0.6 is 0 Å². The molecule has 1 spiro atoms. The second-order valence-corrected chi connectivity index (χ2v) is 9.07. The standard InChI is InChI=1S/C25H31N3O2/c1-18(2)17-28-24(30)21-11-5-4-10-20(21)22(25(28)12-6-3-7-13-25)23(29)27-16-19-9-8-14-26-15-19/h4-5,8-11,14-15,18,22H,3,6-7,12-13,16-17H2,1-2H3,(H,27,29)/t22-/m1/s1. The van der Waals surface area contributed by atoms with Crippen molar-refractivity contribution in [3.8, 4) is 0 Å². The number of fused-ring (bicyclic) bond motifs is 1. The van der Waals surface area contributed by atoms with Gasteiger partial charge >= 0.3 is 0 Å². The third kappa shape index (κ3) is 3.73. The second kappa shape index (κ2) is 8.58. The van der Waals surface area contributed by atoms with Crippen LogP contribution in [0.1, 0.15) is 73.4 Å². The van der Waals surface area contributed by atoms with Crippen molar-refractivity contribution in [1.29, 1.82) is 0 Å². The number of carbonyl (C=O) groups is 2. The van der Waals surface area contributed by atoms with Gasteiger partial charge in [-0.2, -0.15) is 0 Å². The van der Waals surface area contributed by atoms with Crippen LogP contribution in [0.4, 0.5) is 0 Å². The minimum Gasteiger partial charge on any atom is -0.351 e. The largest absolute Gasteiger partial charge is 0.351 e. The highest BCUT2D eigenvalue weighted by atomic mass is 16.2. The average molecular weight is 406 g/mol. The first-order valence-corrected chi connectivity index (χ1v) is 11.1. The maximum Gasteiger partial charge on any atom is 0.254 e. The molecule has 2 aromatic rings. The predicted octanol–water partition coefficient (Wildman–Crippen LogP) is 4.30. The van der Waals surface area contributed by atoms with E-state index in [0.29, 0.717) is 24.6 Å². The zero-order valence-corrected chi connectivity index (χ0v) is 17.9. The smallest absolute Gasteiger partial charge is 0.254 e. The van der Waals surface area contributed by atoms with E-state index < -0.39 is 5.54 Å². The summed E-state index contributed by atoms with van der Waals surface area (Å²) in [4.78, 5) is 33.4. The summed E-state index contributed by atoms with van der Waals surface area (Å²) in [6.45, 7) is 5.41. The molecule has 5 heteroatoms. The van der Waals surface area contributed by atoms with Crippen LogP contribution in [-0.4, -0.2) is 33.8 Å². The highest BCUT2D eigenvalue weighted by molar-refractivity contribution is 6.02. The molecule has 0 saturated heterocycles. The van der Waals surface area contributed by atoms with Gasteiger partial charge in [0.05, 0.1) is 11.5 Å². The molecule has 4 rings (SSSR count). The van der Waals surface area contributed by atoms with E-state index in [2.05, 4.69) is 24.1 Å². The number of carbonyl (C=O) groups excluding carboxylic acids is 2. The Balaban J connectivity index is 1.74. The fraction of sp³-hybridized carbons (Fsp3) is 0.480. The van der Waals surface area contributed by atoms with Gasteiger partial charge in [-0.15, -0.1) is 0 Å². The molecule has 1 aromatic carbocycles. The van der Waals surface area contributed by atoms with E-state index in [9.17, 15) is 9.59 Å². The van der Waals surface area contributed by atoms with Crippen LogP contribution in [0.2, 0.25) is 0 Å². The van der Waals surface area contributed by atoms with Crippen molar-refractivity contribution in [1.82, 2.24) is 15.2 Å². The van der Waals surface area contributed by atoms with E-state index in [4.69, 9.17) is 0 Å². The minimum atomic E-state index is -0.438. The molecule has 30 heavy (non-hydrogen) atoms. The molecule has 0 radical (unpaired) electrons. The highest BCUT2D eigenvalue weighted by Crippen LogP contribution is 2.49. The summed E-state index contributed by atoms with van der Waals surface area (Å²) < 4.78 is 0. The van der Waals surface area contributed by atoms with Crippen molar-refractivity contribution >= 4 is 11.8 Å². The van der Waals surface area contributed by atoms with Crippen LogP contribution in [0.3, 0.4) is 0 Å². The molecule has 1 saturated carbocycles. The predicted molar refractivity (Wildman–Crippen MR) is 117 cm³/mol. The fourth-order valence-electron chi connectivity index (χ4n) is 5.27. The molecule has 0 unspecified atom stereocenters. The molecule has 1 aliphatic carbocycles. The Morgan fingerprint density at radius 1 is 1.17 bits per heavy atom. The Kier molecular flexibility index (Phi) is 5.89. The van der Waals surface area contributed by atoms with Gasteiger partial charge in [0.1, 0.15) is 0 Å². The lowest BCUT2D eigenvalue weighted by atomic mass is 9.65. The summed E-state index contributed by atoms with van der Waals surface area (Å²) in [5.74, 6) is 0.0891. The Morgan fingerprint density at radius 3 is 2.63 bits per heavy atom. The molecule has 1 aromatic heterocycles. The quantitative estimate of drug-likeness (QED) is 0.807. The number of nitrogens with zero attached hydrogens (tertiary/aromatic N) is 2. The first-order valence-electron chi connectivity index (χ1n) is 11.1. The van der Waals surface area contributed by atoms with Gasteiger partial charge in [-0.05, 0) is 42.0 Å². The lowest BCUT2D eigenvalue weighted by Gasteiger charge is -2.54. The molecule has 1 fully saturated rings. The monoisotopic (exact) mass is 405 g/mol. The molecule has 1 N–H and O–H groups in total. The Hall–Kier alpha value is -2.69. The van der Waals surface area contributed by atoms with Gasteiger partial charge in [-0.3, -0.25) is 14.6 Å². The van der Waals surface area contributed by atoms with Crippen LogP contribution < -0.4 is 5.32 Å². The SMILES string of the molecule is CC(C)CN1C(=O)c2ccccc2[C@H](C(=O)NCc2cccnc2)C12CCCCC2. The number of aromatic nitrogens is 1. The molecule has 0 bridgehead atoms. The van der Waals surface area contributed by atoms with Gasteiger partial charge in [0, 0.05) is 31.0 Å². The highest BCUT2D eigenvalue weighted by Gasteiger charge is 2.54. The molecular weight excluding hydrogens is 374 g/mol. The van der Waals surface area contributed by atoms with Crippen LogP contribution in [0.15, 0.2) is 48.8 Å². The number of benzene rings is 1. The van der Waals surface area contributed by atoms with Gasteiger partial charge < -0.3 is 10.2 Å². The van der Waals surface area contributed by atoms with Crippen molar-refractivity contribution < 1.29 is 9.59 Å². The summed E-state index contributed by atoms with van der Waals surface area (Å²) >= 11 is 0. The van der Waals surface area contributed by atoms with Crippen LogP contribution in [0, 0.1) is 5.92 Å². The summed E-state index contributed by atoms with van der Waals surface area (Å²) in [7, 11) is 0. The van der Waals surface area contributed by atoms with Crippen molar-refractivity contribution in [3.63, 3.8) is 0 Å². The van der Waals surface area contributed by atoms with Gasteiger partial charge in [0.2, 0.25) is 5.91 Å². The summed E-state index contributed by atoms with van der Waals surface area (Å²) in [6.07, 6.45) is 8.54. The molecule has 2 aliphatic rings. The van der Waals surface area contributed by atoms with Gasteiger partial charge in [0.25, 0.3) is 5.91 Å². The van der Waals surface area contributed by atoms with Crippen molar-refractivity contribution in [2.24, 2.45) is 5.92 Å². The van der Waals surface area contributed by atoms with E-state index in [0.717, 1.165) is 43.2 Å². The van der Waals surface area contributed by atoms with Crippen molar-refractivity contribution in [3.05, 3.63) is 65.5 Å². The Labute approximate surface area is 178 Å². The Bertz CT molecular complexity index is 904. The van der Waals surface area contributed by atoms with E-state index >= 15 is 0 Å². The molecule has 1 atom stereocenters. The first-order chi connectivity index (χ1) is 14.5. The summed E-state index contributed by atoms with van der Waals surface area (Å²) in [6, 6.07) is 11.5. The third-order valence-electron chi connectivity index (χ3n) is 6.54. The molecule has 2 heterocycles. The molecule has 5 nitrogen and oxygen atoms in total. The van der Waals surface area contributed by atoms with E-state index in [1.54, 1.807) is 12.4 Å². The van der Waals surface area contributed by atoms with Crippen molar-refractivity contribution in [2.75, 3.05) is 6.54 Å². The minimum absolute atomic E-state index is 0.00876. The topological polar surface area (TPSA) is 62.3 Å². The number of amides is 2. The number of hydrogen-bond acceptors (Lipinski definition) is 3. The van der Waals surface area contributed by atoms with Crippen LogP contribution in [0.25, 0.3) is 0 Å². The second-order valence-electron chi connectivity index (χ2n) is 9.07. The maximum atomic E-state index is 13.7. The van der Waals surface area contributed by atoms with Crippen molar-refractivity contribution in [2.45, 2.75) is 64.0 Å². The molecule has 158 valence electrons. The number of nitrogens with one attached hydrogen (secondary N) is 1. The lowest BCUT2D eigenvalue weighted by molar-refractivity contribution is -0.127. The molecular formula is C25H31N3O2. The number of hydrogen-bond donors (Lipinski definition) is 1. The van der Waals surface area contributed by atoms with Gasteiger partial charge in [-0.25, -0.2) is 0 Å². The fourth-order valence-corrected chi connectivity index (χ4v) is 5.27. The Morgan fingerprint density at radius 2 is 1.93 bits per heavy atom. The zero-order chi connectivity index (χ0) is 21.1. The van der Waals surface area contributed by atoms with Crippen LogP contribution in [0.5, 0.6) is 0 Å². The third-order valence-corrected chi connectivity index (χ3v) is 6.54. The van der Waals surface area contributed by atoms with E-state index in [1.807, 2.05) is 41.3 Å². The summed E-state index contributed by atoms with van der Waals surface area (Å²) in [5.41, 5.74) is 2.10. The molecule has 2 amide bonds. The van der Waals surface area contributed by atoms with E-state index in [1.165, 1.54) is 0 Å². The number of pyridine rings is 1. The normalized spacial score (nSPS) is 20.3. The average Bonchev–Trinajstić information content (AvgIpc) is 2.77. The zero-order valence-electron chi connectivity index (χ0n) is 17.9. The van der Waals surface area contributed by atoms with E-state index in [-0.39, 0.29) is 17.7 Å². The van der Waals surface area contributed by atoms with Gasteiger partial charge in [-0.1, -0.05) is 57.4 Å². The van der Waals surface area contributed by atoms with Gasteiger partial charge in [0.15, 0.2) is 0 Å².